The molecular weight excluding hydrogens is 244 g/mol. The molecule has 0 radical (unpaired) electrons. The first kappa shape index (κ1) is 13.2. The normalized spacial score (nSPS) is 14.3. The van der Waals surface area contributed by atoms with E-state index in [0.717, 1.165) is 12.1 Å². The van der Waals surface area contributed by atoms with Gasteiger partial charge in [0.1, 0.15) is 0 Å². The van der Waals surface area contributed by atoms with Crippen LogP contribution in [0.3, 0.4) is 0 Å². The quantitative estimate of drug-likeness (QED) is 0.840. The Bertz CT molecular complexity index is 444. The van der Waals surface area contributed by atoms with Crippen molar-refractivity contribution in [1.29, 1.82) is 0 Å². The molecule has 0 spiro atoms. The molecule has 1 unspecified atom stereocenters. The van der Waals surface area contributed by atoms with Crippen molar-refractivity contribution < 1.29 is 5.11 Å². The molecule has 2 aromatic rings. The van der Waals surface area contributed by atoms with Crippen LogP contribution in [0, 0.1) is 0 Å². The molecule has 1 heterocycles. The van der Waals surface area contributed by atoms with Crippen molar-refractivity contribution in [2.24, 2.45) is 0 Å². The Morgan fingerprint density at radius 1 is 1.33 bits per heavy atom. The topological polar surface area (TPSA) is 45.1 Å². The van der Waals surface area contributed by atoms with E-state index < -0.39 is 0 Å². The molecule has 2 rings (SSSR count). The Balaban J connectivity index is 1.93. The van der Waals surface area contributed by atoms with Gasteiger partial charge in [-0.2, -0.15) is 0 Å². The van der Waals surface area contributed by atoms with Gasteiger partial charge >= 0.3 is 0 Å². The number of hydrogen-bond acceptors (Lipinski definition) is 4. The fourth-order valence-electron chi connectivity index (χ4n) is 1.95. The van der Waals surface area contributed by atoms with E-state index in [-0.39, 0.29) is 18.7 Å². The van der Waals surface area contributed by atoms with Gasteiger partial charge in [0.2, 0.25) is 0 Å². The zero-order valence-corrected chi connectivity index (χ0v) is 11.2. The van der Waals surface area contributed by atoms with Crippen LogP contribution < -0.4 is 5.32 Å². The van der Waals surface area contributed by atoms with Crippen LogP contribution in [0.1, 0.15) is 24.2 Å². The van der Waals surface area contributed by atoms with Crippen molar-refractivity contribution in [3.05, 3.63) is 52.5 Å². The van der Waals surface area contributed by atoms with Crippen LogP contribution in [-0.4, -0.2) is 22.7 Å². The van der Waals surface area contributed by atoms with Crippen LogP contribution in [0.2, 0.25) is 0 Å². The number of hydrogen-bond donors (Lipinski definition) is 2. The van der Waals surface area contributed by atoms with Crippen LogP contribution >= 0.6 is 11.3 Å². The van der Waals surface area contributed by atoms with E-state index in [1.54, 1.807) is 11.3 Å². The average molecular weight is 262 g/mol. The minimum Gasteiger partial charge on any atom is -0.395 e. The lowest BCUT2D eigenvalue weighted by Gasteiger charge is -2.20. The Labute approximate surface area is 112 Å². The van der Waals surface area contributed by atoms with Crippen molar-refractivity contribution in [1.82, 2.24) is 10.3 Å². The van der Waals surface area contributed by atoms with Crippen LogP contribution in [0.15, 0.2) is 41.2 Å². The molecule has 0 fully saturated rings. The van der Waals surface area contributed by atoms with Crippen molar-refractivity contribution >= 4 is 11.3 Å². The molecule has 2 N–H and O–H groups in total. The lowest BCUT2D eigenvalue weighted by Crippen LogP contribution is -2.36. The Kier molecular flexibility index (Phi) is 4.87. The molecule has 0 saturated heterocycles. The van der Waals surface area contributed by atoms with Crippen molar-refractivity contribution in [3.63, 3.8) is 0 Å². The smallest absolute Gasteiger partial charge is 0.0795 e. The van der Waals surface area contributed by atoms with E-state index in [4.69, 9.17) is 0 Å². The van der Waals surface area contributed by atoms with Crippen LogP contribution in [0.5, 0.6) is 0 Å². The fraction of sp³-hybridized carbons (Fsp3) is 0.357. The number of aromatic nitrogens is 1. The summed E-state index contributed by atoms with van der Waals surface area (Å²) >= 11 is 1.59. The van der Waals surface area contributed by atoms with E-state index in [1.165, 1.54) is 5.56 Å². The first-order chi connectivity index (χ1) is 8.79. The van der Waals surface area contributed by atoms with Crippen LogP contribution in [-0.2, 0) is 6.42 Å². The van der Waals surface area contributed by atoms with E-state index >= 15 is 0 Å². The molecule has 3 nitrogen and oxygen atoms in total. The largest absolute Gasteiger partial charge is 0.395 e. The highest BCUT2D eigenvalue weighted by molar-refractivity contribution is 7.07. The van der Waals surface area contributed by atoms with Gasteiger partial charge in [-0.25, -0.2) is 4.98 Å². The molecule has 4 heteroatoms. The molecular formula is C14H18N2OS. The molecule has 0 aliphatic heterocycles. The predicted octanol–water partition coefficient (Wildman–Crippen LogP) is 2.40. The van der Waals surface area contributed by atoms with E-state index in [2.05, 4.69) is 29.4 Å². The lowest BCUT2D eigenvalue weighted by atomic mass is 10.1. The number of nitrogens with zero attached hydrogens (tertiary/aromatic N) is 1. The molecule has 18 heavy (non-hydrogen) atoms. The van der Waals surface area contributed by atoms with Crippen molar-refractivity contribution in [2.75, 3.05) is 6.61 Å². The van der Waals surface area contributed by atoms with E-state index in [1.807, 2.05) is 29.1 Å². The first-order valence-corrected chi connectivity index (χ1v) is 7.03. The van der Waals surface area contributed by atoms with E-state index in [0.29, 0.717) is 0 Å². The van der Waals surface area contributed by atoms with Gasteiger partial charge in [-0.1, -0.05) is 30.3 Å². The number of aliphatic hydroxyl groups is 1. The number of benzene rings is 1. The van der Waals surface area contributed by atoms with Crippen LogP contribution in [0.25, 0.3) is 0 Å². The first-order valence-electron chi connectivity index (χ1n) is 6.08. The van der Waals surface area contributed by atoms with Gasteiger partial charge in [0.15, 0.2) is 0 Å². The number of aliphatic hydroxyl groups excluding tert-OH is 1. The standard InChI is InChI=1S/C14H18N2OS/c1-11(14-9-18-10-15-14)16-13(8-17)7-12-5-3-2-4-6-12/h2-6,9-11,13,16-17H,7-8H2,1H3/t11?,13-/m0/s1. The van der Waals surface area contributed by atoms with Crippen molar-refractivity contribution in [2.45, 2.75) is 25.4 Å². The maximum absolute atomic E-state index is 9.45. The van der Waals surface area contributed by atoms with Gasteiger partial charge < -0.3 is 10.4 Å². The van der Waals surface area contributed by atoms with Gasteiger partial charge in [0, 0.05) is 17.5 Å². The molecule has 0 saturated carbocycles. The second kappa shape index (κ2) is 6.64. The average Bonchev–Trinajstić information content (AvgIpc) is 2.93. The summed E-state index contributed by atoms with van der Waals surface area (Å²) in [6.45, 7) is 2.20. The highest BCUT2D eigenvalue weighted by atomic mass is 32.1. The zero-order chi connectivity index (χ0) is 12.8. The van der Waals surface area contributed by atoms with Crippen LogP contribution in [0.4, 0.5) is 0 Å². The van der Waals surface area contributed by atoms with Gasteiger partial charge in [0.05, 0.1) is 17.8 Å². The number of thiazole rings is 1. The summed E-state index contributed by atoms with van der Waals surface area (Å²) in [5.74, 6) is 0. The highest BCUT2D eigenvalue weighted by Crippen LogP contribution is 2.14. The third-order valence-corrected chi connectivity index (χ3v) is 3.53. The molecule has 1 aromatic heterocycles. The fourth-order valence-corrected chi connectivity index (χ4v) is 2.60. The molecule has 96 valence electrons. The van der Waals surface area contributed by atoms with Gasteiger partial charge in [-0.05, 0) is 18.9 Å². The zero-order valence-electron chi connectivity index (χ0n) is 10.4. The lowest BCUT2D eigenvalue weighted by molar-refractivity contribution is 0.232. The molecule has 2 atom stereocenters. The Hall–Kier alpha value is -1.23. The van der Waals surface area contributed by atoms with E-state index in [9.17, 15) is 5.11 Å². The maximum atomic E-state index is 9.45. The monoisotopic (exact) mass is 262 g/mol. The third kappa shape index (κ3) is 3.63. The maximum Gasteiger partial charge on any atom is 0.0795 e. The Morgan fingerprint density at radius 2 is 2.11 bits per heavy atom. The molecule has 0 bridgehead atoms. The molecule has 0 aliphatic carbocycles. The summed E-state index contributed by atoms with van der Waals surface area (Å²) in [5.41, 5.74) is 4.10. The summed E-state index contributed by atoms with van der Waals surface area (Å²) < 4.78 is 0. The minimum atomic E-state index is 0.0594. The van der Waals surface area contributed by atoms with Gasteiger partial charge in [-0.15, -0.1) is 11.3 Å². The van der Waals surface area contributed by atoms with Gasteiger partial charge in [0.25, 0.3) is 0 Å². The minimum absolute atomic E-state index is 0.0594. The third-order valence-electron chi connectivity index (χ3n) is 2.93. The molecule has 1 aromatic carbocycles. The summed E-state index contributed by atoms with van der Waals surface area (Å²) in [5, 5.41) is 14.9. The predicted molar refractivity (Wildman–Crippen MR) is 74.7 cm³/mol. The summed E-state index contributed by atoms with van der Waals surface area (Å²) in [6, 6.07) is 10.4. The number of nitrogens with one attached hydrogen (secondary N) is 1. The summed E-state index contributed by atoms with van der Waals surface area (Å²) in [4.78, 5) is 4.28. The highest BCUT2D eigenvalue weighted by Gasteiger charge is 2.14. The SMILES string of the molecule is CC(N[C@H](CO)Cc1ccccc1)c1cscn1. The number of rotatable bonds is 6. The summed E-state index contributed by atoms with van der Waals surface area (Å²) in [7, 11) is 0. The second-order valence-corrected chi connectivity index (χ2v) is 5.09. The second-order valence-electron chi connectivity index (χ2n) is 4.37. The Morgan fingerprint density at radius 3 is 2.72 bits per heavy atom. The van der Waals surface area contributed by atoms with Crippen molar-refractivity contribution in [3.8, 4) is 0 Å². The molecule has 0 aliphatic rings. The summed E-state index contributed by atoms with van der Waals surface area (Å²) in [6.07, 6.45) is 0.825. The molecule has 0 amide bonds. The van der Waals surface area contributed by atoms with Gasteiger partial charge in [-0.3, -0.25) is 0 Å².